The van der Waals surface area contributed by atoms with Crippen LogP contribution in [0.4, 0.5) is 5.69 Å². The number of nitro benzene ring substituents is 1. The lowest BCUT2D eigenvalue weighted by Gasteiger charge is -2.39. The van der Waals surface area contributed by atoms with Crippen molar-refractivity contribution < 1.29 is 23.9 Å². The average Bonchev–Trinajstić information content (AvgIpc) is 2.72. The number of rotatable bonds is 4. The van der Waals surface area contributed by atoms with Crippen molar-refractivity contribution in [1.82, 2.24) is 9.80 Å². The highest BCUT2D eigenvalue weighted by molar-refractivity contribution is 5.99. The Bertz CT molecular complexity index is 798. The molecular formula is C21H29N3O6. The van der Waals surface area contributed by atoms with Gasteiger partial charge in [-0.1, -0.05) is 0 Å². The number of nitrogens with zero attached hydrogens (tertiary/aromatic N) is 3. The first kappa shape index (κ1) is 20.9. The van der Waals surface area contributed by atoms with Crippen LogP contribution in [-0.4, -0.2) is 78.8 Å². The Morgan fingerprint density at radius 1 is 1.10 bits per heavy atom. The second kappa shape index (κ2) is 8.77. The van der Waals surface area contributed by atoms with Crippen molar-refractivity contribution in [3.05, 3.63) is 27.8 Å². The van der Waals surface area contributed by atoms with Crippen LogP contribution in [0, 0.1) is 16.0 Å². The minimum atomic E-state index is -0.529. The Balaban J connectivity index is 1.40. The largest absolute Gasteiger partial charge is 0.486 e. The molecule has 2 fully saturated rings. The van der Waals surface area contributed by atoms with Crippen molar-refractivity contribution >= 4 is 11.6 Å². The zero-order valence-electron chi connectivity index (χ0n) is 17.5. The summed E-state index contributed by atoms with van der Waals surface area (Å²) in [6, 6.07) is 2.76. The molecule has 3 aliphatic heterocycles. The number of carbonyl (C=O) groups excluding carboxylic acids is 1. The molecule has 3 heterocycles. The van der Waals surface area contributed by atoms with Gasteiger partial charge in [0.05, 0.1) is 23.2 Å². The first-order valence-corrected chi connectivity index (χ1v) is 10.7. The van der Waals surface area contributed by atoms with Crippen molar-refractivity contribution in [3.63, 3.8) is 0 Å². The minimum Gasteiger partial charge on any atom is -0.486 e. The van der Waals surface area contributed by atoms with E-state index in [9.17, 15) is 14.9 Å². The molecule has 0 radical (unpaired) electrons. The number of hydrogen-bond acceptors (Lipinski definition) is 7. The van der Waals surface area contributed by atoms with Crippen molar-refractivity contribution in [2.24, 2.45) is 5.92 Å². The van der Waals surface area contributed by atoms with Gasteiger partial charge < -0.3 is 19.1 Å². The predicted molar refractivity (Wildman–Crippen MR) is 109 cm³/mol. The van der Waals surface area contributed by atoms with Crippen LogP contribution >= 0.6 is 0 Å². The molecule has 3 aliphatic rings. The maximum Gasteiger partial charge on any atom is 0.286 e. The fourth-order valence-electron chi connectivity index (χ4n) is 4.69. The molecule has 2 atom stereocenters. The predicted octanol–water partition coefficient (Wildman–Crippen LogP) is 2.33. The molecule has 1 aromatic rings. The maximum absolute atomic E-state index is 13.1. The van der Waals surface area contributed by atoms with Gasteiger partial charge in [-0.15, -0.1) is 0 Å². The highest BCUT2D eigenvalue weighted by Gasteiger charge is 2.32. The molecule has 0 bridgehead atoms. The monoisotopic (exact) mass is 419 g/mol. The number of amides is 1. The van der Waals surface area contributed by atoms with E-state index in [-0.39, 0.29) is 29.4 Å². The summed E-state index contributed by atoms with van der Waals surface area (Å²) in [5, 5.41) is 11.5. The third-order valence-electron chi connectivity index (χ3n) is 6.00. The van der Waals surface area contributed by atoms with E-state index in [1.54, 1.807) is 4.90 Å². The molecule has 0 aliphatic carbocycles. The average molecular weight is 419 g/mol. The second-order valence-corrected chi connectivity index (χ2v) is 8.48. The number of fused-ring (bicyclic) bond motifs is 1. The highest BCUT2D eigenvalue weighted by atomic mass is 16.6. The lowest BCUT2D eigenvalue weighted by Crippen LogP contribution is -2.48. The number of morpholine rings is 1. The lowest BCUT2D eigenvalue weighted by molar-refractivity contribution is -0.385. The smallest absolute Gasteiger partial charge is 0.286 e. The first-order valence-electron chi connectivity index (χ1n) is 10.7. The van der Waals surface area contributed by atoms with Crippen LogP contribution in [0.1, 0.15) is 37.0 Å². The summed E-state index contributed by atoms with van der Waals surface area (Å²) in [7, 11) is 0. The molecule has 30 heavy (non-hydrogen) atoms. The molecule has 2 unspecified atom stereocenters. The van der Waals surface area contributed by atoms with Gasteiger partial charge in [0.1, 0.15) is 18.8 Å². The number of nitro groups is 1. The molecule has 0 spiro atoms. The van der Waals surface area contributed by atoms with Crippen LogP contribution in [0.3, 0.4) is 0 Å². The van der Waals surface area contributed by atoms with Gasteiger partial charge in [0, 0.05) is 38.8 Å². The standard InChI is InChI=1S/C21H29N3O6/c1-14-11-22(12-15(2)30-14)13-16-3-5-23(6-4-16)21(25)17-9-19-20(29-8-7-28-19)10-18(17)24(26)27/h9-10,14-16H,3-8,11-13H2,1-2H3. The Morgan fingerprint density at radius 3 is 2.30 bits per heavy atom. The summed E-state index contributed by atoms with van der Waals surface area (Å²) < 4.78 is 16.8. The molecule has 1 amide bonds. The number of benzene rings is 1. The number of ether oxygens (including phenoxy) is 3. The molecule has 0 N–H and O–H groups in total. The normalized spacial score (nSPS) is 25.2. The fourth-order valence-corrected chi connectivity index (χ4v) is 4.69. The van der Waals surface area contributed by atoms with Crippen molar-refractivity contribution in [1.29, 1.82) is 0 Å². The van der Waals surface area contributed by atoms with Crippen LogP contribution in [0.15, 0.2) is 12.1 Å². The number of piperidine rings is 1. The van der Waals surface area contributed by atoms with E-state index in [4.69, 9.17) is 14.2 Å². The lowest BCUT2D eigenvalue weighted by atomic mass is 9.95. The number of carbonyl (C=O) groups is 1. The minimum absolute atomic E-state index is 0.0681. The molecule has 0 saturated carbocycles. The van der Waals surface area contributed by atoms with E-state index < -0.39 is 4.92 Å². The van der Waals surface area contributed by atoms with Gasteiger partial charge >= 0.3 is 0 Å². The van der Waals surface area contributed by atoms with Crippen molar-refractivity contribution in [2.75, 3.05) is 45.9 Å². The Hall–Kier alpha value is -2.39. The molecular weight excluding hydrogens is 390 g/mol. The second-order valence-electron chi connectivity index (χ2n) is 8.48. The van der Waals surface area contributed by atoms with E-state index in [2.05, 4.69) is 18.7 Å². The van der Waals surface area contributed by atoms with E-state index >= 15 is 0 Å². The third kappa shape index (κ3) is 4.52. The maximum atomic E-state index is 13.1. The summed E-state index contributed by atoms with van der Waals surface area (Å²) in [6.45, 7) is 8.99. The molecule has 164 valence electrons. The zero-order chi connectivity index (χ0) is 21.3. The fraction of sp³-hybridized carbons (Fsp3) is 0.667. The molecule has 2 saturated heterocycles. The van der Waals surface area contributed by atoms with E-state index in [0.29, 0.717) is 43.7 Å². The topological polar surface area (TPSA) is 94.4 Å². The van der Waals surface area contributed by atoms with Gasteiger partial charge in [-0.25, -0.2) is 0 Å². The zero-order valence-corrected chi connectivity index (χ0v) is 17.5. The Morgan fingerprint density at radius 2 is 1.70 bits per heavy atom. The van der Waals surface area contributed by atoms with Gasteiger partial charge in [-0.3, -0.25) is 19.8 Å². The van der Waals surface area contributed by atoms with Crippen LogP contribution in [0.25, 0.3) is 0 Å². The van der Waals surface area contributed by atoms with E-state index in [1.807, 2.05) is 0 Å². The summed E-state index contributed by atoms with van der Waals surface area (Å²) in [5.41, 5.74) is -0.166. The van der Waals surface area contributed by atoms with Gasteiger partial charge in [-0.2, -0.15) is 0 Å². The number of hydrogen-bond donors (Lipinski definition) is 0. The van der Waals surface area contributed by atoms with Gasteiger partial charge in [0.25, 0.3) is 11.6 Å². The quantitative estimate of drug-likeness (QED) is 0.546. The highest BCUT2D eigenvalue weighted by Crippen LogP contribution is 2.37. The summed E-state index contributed by atoms with van der Waals surface area (Å²) in [4.78, 5) is 28.3. The summed E-state index contributed by atoms with van der Waals surface area (Å²) in [5.74, 6) is 0.908. The molecule has 1 aromatic carbocycles. The Labute approximate surface area is 176 Å². The van der Waals surface area contributed by atoms with Gasteiger partial charge in [0.15, 0.2) is 11.5 Å². The summed E-state index contributed by atoms with van der Waals surface area (Å²) >= 11 is 0. The van der Waals surface area contributed by atoms with E-state index in [1.165, 1.54) is 12.1 Å². The molecule has 9 heteroatoms. The van der Waals surface area contributed by atoms with E-state index in [0.717, 1.165) is 32.5 Å². The van der Waals surface area contributed by atoms with Gasteiger partial charge in [0.2, 0.25) is 0 Å². The van der Waals surface area contributed by atoms with Crippen LogP contribution in [-0.2, 0) is 4.74 Å². The SMILES string of the molecule is CC1CN(CC2CCN(C(=O)c3cc4c(cc3[N+](=O)[O-])OCCO4)CC2)CC(C)O1. The van der Waals surface area contributed by atoms with Crippen LogP contribution in [0.2, 0.25) is 0 Å². The van der Waals surface area contributed by atoms with Crippen LogP contribution < -0.4 is 9.47 Å². The van der Waals surface area contributed by atoms with Crippen molar-refractivity contribution in [3.8, 4) is 11.5 Å². The number of likely N-dealkylation sites (tertiary alicyclic amines) is 1. The third-order valence-corrected chi connectivity index (χ3v) is 6.00. The first-order chi connectivity index (χ1) is 14.4. The molecule has 0 aromatic heterocycles. The summed E-state index contributed by atoms with van der Waals surface area (Å²) in [6.07, 6.45) is 2.27. The van der Waals surface area contributed by atoms with Crippen LogP contribution in [0.5, 0.6) is 11.5 Å². The van der Waals surface area contributed by atoms with Gasteiger partial charge in [-0.05, 0) is 32.6 Å². The van der Waals surface area contributed by atoms with Crippen molar-refractivity contribution in [2.45, 2.75) is 38.9 Å². The Kier molecular flexibility index (Phi) is 6.10. The molecule has 9 nitrogen and oxygen atoms in total. The molecule has 4 rings (SSSR count).